The number of aryl methyl sites for hydroxylation is 2. The Morgan fingerprint density at radius 3 is 0.990 bits per heavy atom. The van der Waals surface area contributed by atoms with Crippen LogP contribution in [0.2, 0.25) is 0 Å². The second kappa shape index (κ2) is 22.9. The quantitative estimate of drug-likeness (QED) is 0.140. The minimum Gasteiger partial charge on any atom is -0.309 e. The first-order valence-electron chi connectivity index (χ1n) is 32.0. The highest BCUT2D eigenvalue weighted by atomic mass is 15.0. The molecular weight excluding hydrogens is 1180 g/mol. The number of hydrogen-bond donors (Lipinski definition) is 0. The molecule has 12 nitrogen and oxygen atoms in total. The zero-order valence-corrected chi connectivity index (χ0v) is 52.2. The topological polar surface area (TPSA) is 123 Å². The van der Waals surface area contributed by atoms with E-state index in [0.29, 0.717) is 0 Å². The first-order chi connectivity index (χ1) is 47.5. The molecule has 0 N–H and O–H groups in total. The molecule has 452 valence electrons. The van der Waals surface area contributed by atoms with Gasteiger partial charge in [-0.05, 0) is 198 Å². The predicted octanol–water partition coefficient (Wildman–Crippen LogP) is 19.9. The molecule has 0 aliphatic carbocycles. The number of hydrogen-bond acceptors (Lipinski definition) is 8. The Labute approximate surface area is 551 Å². The van der Waals surface area contributed by atoms with Gasteiger partial charge < -0.3 is 18.3 Å². The Morgan fingerprint density at radius 1 is 0.229 bits per heavy atom. The molecule has 0 saturated carbocycles. The highest BCUT2D eigenvalue weighted by Gasteiger charge is 2.22. The molecule has 0 amide bonds. The largest absolute Gasteiger partial charge is 0.309 e. The lowest BCUT2D eigenvalue weighted by Gasteiger charge is -2.15. The van der Waals surface area contributed by atoms with E-state index in [1.54, 1.807) is 0 Å². The lowest BCUT2D eigenvalue weighted by molar-refractivity contribution is 1.13. The summed E-state index contributed by atoms with van der Waals surface area (Å²) in [5.74, 6) is 0. The van der Waals surface area contributed by atoms with Gasteiger partial charge in [-0.25, -0.2) is 0 Å². The van der Waals surface area contributed by atoms with E-state index in [1.165, 1.54) is 22.3 Å². The number of nitrogens with zero attached hydrogens (tertiary/aromatic N) is 12. The molecule has 0 bridgehead atoms. The third-order valence-corrected chi connectivity index (χ3v) is 18.7. The minimum atomic E-state index is 0.950. The molecule has 96 heavy (non-hydrogen) atoms. The monoisotopic (exact) mass is 1230 g/mol. The van der Waals surface area contributed by atoms with Crippen LogP contribution in [-0.4, -0.2) is 58.1 Å². The number of aromatic nitrogens is 12. The molecule has 19 rings (SSSR count). The molecule has 12 heterocycles. The molecule has 0 spiro atoms. The second-order valence-electron chi connectivity index (χ2n) is 24.2. The van der Waals surface area contributed by atoms with E-state index in [9.17, 15) is 0 Å². The van der Waals surface area contributed by atoms with Crippen LogP contribution in [0.5, 0.6) is 0 Å². The van der Waals surface area contributed by atoms with Crippen LogP contribution in [0.1, 0.15) is 11.1 Å². The smallest absolute Gasteiger partial charge is 0.0963 e. The summed E-state index contributed by atoms with van der Waals surface area (Å²) in [7, 11) is 0. The Morgan fingerprint density at radius 2 is 0.594 bits per heavy atom. The van der Waals surface area contributed by atoms with Crippen molar-refractivity contribution in [3.05, 3.63) is 316 Å². The summed E-state index contributed by atoms with van der Waals surface area (Å²) in [4.78, 5) is 36.6. The fraction of sp³-hybridized carbons (Fsp3) is 0.0238. The van der Waals surface area contributed by atoms with E-state index < -0.39 is 0 Å². The molecule has 12 heteroatoms. The average molecular weight is 1230 g/mol. The number of fused-ring (bicyclic) bond motifs is 12. The van der Waals surface area contributed by atoms with Crippen molar-refractivity contribution in [2.24, 2.45) is 0 Å². The highest BCUT2D eigenvalue weighted by Crippen LogP contribution is 2.42. The summed E-state index contributed by atoms with van der Waals surface area (Å²) >= 11 is 0. The zero-order chi connectivity index (χ0) is 63.8. The van der Waals surface area contributed by atoms with Crippen molar-refractivity contribution in [1.82, 2.24) is 58.1 Å². The van der Waals surface area contributed by atoms with Crippen LogP contribution in [0.15, 0.2) is 305 Å². The van der Waals surface area contributed by atoms with Crippen LogP contribution in [0.4, 0.5) is 0 Å². The van der Waals surface area contributed by atoms with Crippen LogP contribution in [0.3, 0.4) is 0 Å². The zero-order valence-electron chi connectivity index (χ0n) is 52.2. The predicted molar refractivity (Wildman–Crippen MR) is 389 cm³/mol. The normalized spacial score (nSPS) is 11.6. The van der Waals surface area contributed by atoms with E-state index in [1.807, 2.05) is 111 Å². The van der Waals surface area contributed by atoms with Gasteiger partial charge in [0.2, 0.25) is 0 Å². The summed E-state index contributed by atoms with van der Waals surface area (Å²) in [6.45, 7) is 4.38. The number of pyridine rings is 8. The summed E-state index contributed by atoms with van der Waals surface area (Å²) in [6, 6.07) is 81.3. The van der Waals surface area contributed by atoms with Crippen LogP contribution in [0.25, 0.3) is 166 Å². The van der Waals surface area contributed by atoms with Crippen molar-refractivity contribution >= 4 is 87.5 Å². The fourth-order valence-electron chi connectivity index (χ4n) is 14.4. The molecule has 0 fully saturated rings. The minimum absolute atomic E-state index is 0.950. The third-order valence-electron chi connectivity index (χ3n) is 18.7. The molecule has 7 aromatic carbocycles. The van der Waals surface area contributed by atoms with Crippen molar-refractivity contribution in [1.29, 1.82) is 0 Å². The molecule has 0 aliphatic heterocycles. The molecule has 12 aromatic heterocycles. The van der Waals surface area contributed by atoms with Gasteiger partial charge in [0, 0.05) is 141 Å². The van der Waals surface area contributed by atoms with Gasteiger partial charge in [-0.2, -0.15) is 0 Å². The molecule has 0 aliphatic rings. The molecule has 0 atom stereocenters. The molecule has 0 saturated heterocycles. The van der Waals surface area contributed by atoms with E-state index in [-0.39, 0.29) is 0 Å². The third kappa shape index (κ3) is 9.21. The molecular formula is C84H56N12. The van der Waals surface area contributed by atoms with Crippen molar-refractivity contribution in [3.8, 4) is 78.6 Å². The number of rotatable bonds is 9. The van der Waals surface area contributed by atoms with E-state index >= 15 is 0 Å². The van der Waals surface area contributed by atoms with Crippen molar-refractivity contribution in [3.63, 3.8) is 0 Å². The van der Waals surface area contributed by atoms with Gasteiger partial charge in [0.25, 0.3) is 0 Å². The van der Waals surface area contributed by atoms with Gasteiger partial charge >= 0.3 is 0 Å². The van der Waals surface area contributed by atoms with Crippen molar-refractivity contribution in [2.45, 2.75) is 13.8 Å². The van der Waals surface area contributed by atoms with Gasteiger partial charge in [-0.15, -0.1) is 0 Å². The van der Waals surface area contributed by atoms with Crippen LogP contribution in [0, 0.1) is 13.8 Å². The lowest BCUT2D eigenvalue weighted by Crippen LogP contribution is -1.98. The van der Waals surface area contributed by atoms with Gasteiger partial charge in [-0.1, -0.05) is 91.0 Å². The highest BCUT2D eigenvalue weighted by molar-refractivity contribution is 6.12. The van der Waals surface area contributed by atoms with Crippen LogP contribution >= 0.6 is 0 Å². The maximum Gasteiger partial charge on any atom is 0.0963 e. The summed E-state index contributed by atoms with van der Waals surface area (Å²) in [5.41, 5.74) is 28.6. The summed E-state index contributed by atoms with van der Waals surface area (Å²) < 4.78 is 9.25. The summed E-state index contributed by atoms with van der Waals surface area (Å²) in [6.07, 6.45) is 22.5. The van der Waals surface area contributed by atoms with E-state index in [2.05, 4.69) is 256 Å². The molecule has 0 radical (unpaired) electrons. The Balaban J connectivity index is 0.000000148. The molecule has 0 unspecified atom stereocenters. The second-order valence-corrected chi connectivity index (χ2v) is 24.2. The van der Waals surface area contributed by atoms with Gasteiger partial charge in [-0.3, -0.25) is 39.9 Å². The maximum absolute atomic E-state index is 4.93. The van der Waals surface area contributed by atoms with Crippen molar-refractivity contribution < 1.29 is 0 Å². The summed E-state index contributed by atoms with van der Waals surface area (Å²) in [5, 5.41) is 6.62. The Bertz CT molecular complexity index is 5780. The van der Waals surface area contributed by atoms with Gasteiger partial charge in [0.05, 0.1) is 66.6 Å². The molecule has 19 aromatic rings. The van der Waals surface area contributed by atoms with Gasteiger partial charge in [0.15, 0.2) is 0 Å². The lowest BCUT2D eigenvalue weighted by atomic mass is 9.95. The Hall–Kier alpha value is -13.1. The average Bonchev–Trinajstić information content (AvgIpc) is 1.72. The van der Waals surface area contributed by atoms with E-state index in [0.717, 1.165) is 155 Å². The SMILES string of the molecule is Cc1cc(-n2c3ccncc3c3cnccc32)ccc1-c1ccc(-n2c3ccncc3c3cnccc32)cc1C.c1ccc(-c2ccccc2-c2ccc3c(c2)c2ncccc2n3-c2cccc(-n3c4ccc(-c5ccccc5-c5ccccn5)cc4c4ncccc43)c2)nc1. The van der Waals surface area contributed by atoms with Gasteiger partial charge in [0.1, 0.15) is 0 Å². The standard InChI is InChI=1S/C50H32N6.C34H24N6/c1-3-16-39(43-18-5-7-26-51-43)37(14-1)33-22-24-45-41(30-33)49-47(20-10-28-53-49)55(45)35-12-9-13-36(32-35)56-46-25-23-34(31-42(46)50-48(56)21-11-29-54-50)38-15-2-4-17-40(38)44-19-6-8-27-52-44;1-21-15-23(39-31-7-11-35-17-27(31)28-18-36-12-8-32(28)39)3-5-25(21)26-6-4-24(16-22(26)2)40-33-9-13-37-19-29(33)30-20-38-14-10-34(30)40/h1-32H;3-20H,1-2H3. The Kier molecular flexibility index (Phi) is 13.3. The first-order valence-corrected chi connectivity index (χ1v) is 32.0. The van der Waals surface area contributed by atoms with Crippen molar-refractivity contribution in [2.75, 3.05) is 0 Å². The van der Waals surface area contributed by atoms with Crippen LogP contribution < -0.4 is 0 Å². The van der Waals surface area contributed by atoms with Crippen LogP contribution in [-0.2, 0) is 0 Å². The first kappa shape index (κ1) is 55.8. The number of benzene rings is 7. The maximum atomic E-state index is 4.93. The fourth-order valence-corrected chi connectivity index (χ4v) is 14.4. The van der Waals surface area contributed by atoms with E-state index in [4.69, 9.17) is 9.97 Å².